The molecule has 0 saturated carbocycles. The molecule has 0 fully saturated rings. The molecular formula is C25H28NOP. The van der Waals surface area contributed by atoms with Crippen molar-refractivity contribution in [1.29, 1.82) is 0 Å². The van der Waals surface area contributed by atoms with Crippen LogP contribution in [0.4, 0.5) is 0 Å². The van der Waals surface area contributed by atoms with E-state index in [4.69, 9.17) is 0 Å². The van der Waals surface area contributed by atoms with Gasteiger partial charge in [0.1, 0.15) is 0 Å². The monoisotopic (exact) mass is 389 g/mol. The van der Waals surface area contributed by atoms with E-state index < -0.39 is 7.26 Å². The summed E-state index contributed by atoms with van der Waals surface area (Å²) < 4.78 is 0. The number of benzene rings is 4. The molecule has 0 aromatic heterocycles. The van der Waals surface area contributed by atoms with Crippen LogP contribution in [0.25, 0.3) is 0 Å². The molecule has 4 aromatic carbocycles. The fourth-order valence-corrected chi connectivity index (χ4v) is 8.62. The van der Waals surface area contributed by atoms with Crippen LogP contribution in [0.5, 0.6) is 0 Å². The molecule has 0 unspecified atom stereocenters. The summed E-state index contributed by atoms with van der Waals surface area (Å²) in [7, 11) is -2.16. The number of rotatable bonds is 5. The maximum atomic E-state index is 2.31. The Morgan fingerprint density at radius 2 is 0.714 bits per heavy atom. The van der Waals surface area contributed by atoms with Gasteiger partial charge in [0.05, 0.1) is 0 Å². The van der Waals surface area contributed by atoms with E-state index in [1.165, 1.54) is 21.5 Å². The normalized spacial score (nSPS) is 11.0. The van der Waals surface area contributed by atoms with Crippen molar-refractivity contribution in [2.75, 3.05) is 0 Å². The Hall–Kier alpha value is -2.77. The van der Waals surface area contributed by atoms with Gasteiger partial charge in [-0.3, -0.25) is 0 Å². The standard InChI is InChI=1S/C25H23P.H3N.H2O/c1-5-13-22(14-6-1)21-26(23-15-7-2-8-16-23,24-17-9-3-10-18-24)25-19-11-4-12-20-25;;/h1-20,26H,21H2;1H3;1H2. The summed E-state index contributed by atoms with van der Waals surface area (Å²) in [6, 6.07) is 44.2. The molecule has 0 atom stereocenters. The van der Waals surface area contributed by atoms with Gasteiger partial charge in [-0.2, -0.15) is 0 Å². The molecule has 144 valence electrons. The van der Waals surface area contributed by atoms with Gasteiger partial charge in [0.15, 0.2) is 0 Å². The van der Waals surface area contributed by atoms with Gasteiger partial charge >= 0.3 is 156 Å². The van der Waals surface area contributed by atoms with Crippen LogP contribution >= 0.6 is 7.26 Å². The summed E-state index contributed by atoms with van der Waals surface area (Å²) in [6.07, 6.45) is 1.06. The minimum absolute atomic E-state index is 0. The second-order valence-electron chi connectivity index (χ2n) is 6.67. The SMILES string of the molecule is N.O.c1ccc(C[PH](c2ccccc2)(c2ccccc2)c2ccccc2)cc1. The van der Waals surface area contributed by atoms with E-state index in [9.17, 15) is 0 Å². The molecule has 4 aromatic rings. The molecule has 0 bridgehead atoms. The predicted octanol–water partition coefficient (Wildman–Crippen LogP) is 4.25. The zero-order chi connectivity index (χ0) is 17.7. The van der Waals surface area contributed by atoms with Crippen LogP contribution < -0.4 is 22.1 Å². The number of hydrogen-bond donors (Lipinski definition) is 1. The molecule has 0 aliphatic rings. The van der Waals surface area contributed by atoms with Crippen LogP contribution in [0.15, 0.2) is 121 Å². The Balaban J connectivity index is 0.00000140. The van der Waals surface area contributed by atoms with Crippen molar-refractivity contribution in [1.82, 2.24) is 6.15 Å². The second kappa shape index (κ2) is 9.96. The summed E-state index contributed by atoms with van der Waals surface area (Å²) in [6.45, 7) is 0. The van der Waals surface area contributed by atoms with Gasteiger partial charge in [-0.1, -0.05) is 0 Å². The Bertz CT molecular complexity index is 848. The molecule has 0 amide bonds. The first-order valence-electron chi connectivity index (χ1n) is 9.10. The fourth-order valence-electron chi connectivity index (χ4n) is 3.88. The first kappa shape index (κ1) is 21.5. The molecule has 0 aliphatic carbocycles. The van der Waals surface area contributed by atoms with E-state index in [0.717, 1.165) is 6.16 Å². The molecule has 28 heavy (non-hydrogen) atoms. The molecule has 0 radical (unpaired) electrons. The van der Waals surface area contributed by atoms with Gasteiger partial charge in [-0.15, -0.1) is 0 Å². The molecule has 0 heterocycles. The third kappa shape index (κ3) is 4.21. The van der Waals surface area contributed by atoms with E-state index in [-0.39, 0.29) is 11.6 Å². The Labute approximate surface area is 168 Å². The van der Waals surface area contributed by atoms with Crippen LogP contribution in [-0.4, -0.2) is 5.48 Å². The first-order chi connectivity index (χ1) is 12.9. The zero-order valence-corrected chi connectivity index (χ0v) is 17.0. The molecule has 2 nitrogen and oxygen atoms in total. The van der Waals surface area contributed by atoms with E-state index in [1.54, 1.807) is 0 Å². The molecule has 0 aliphatic heterocycles. The van der Waals surface area contributed by atoms with E-state index >= 15 is 0 Å². The summed E-state index contributed by atoms with van der Waals surface area (Å²) in [4.78, 5) is 0. The summed E-state index contributed by atoms with van der Waals surface area (Å²) in [5, 5.41) is 4.38. The summed E-state index contributed by atoms with van der Waals surface area (Å²) >= 11 is 0. The quantitative estimate of drug-likeness (QED) is 0.510. The minimum atomic E-state index is -2.16. The zero-order valence-electron chi connectivity index (χ0n) is 16.0. The molecular weight excluding hydrogens is 361 g/mol. The molecule has 0 saturated heterocycles. The average Bonchev–Trinajstić information content (AvgIpc) is 2.75. The summed E-state index contributed by atoms with van der Waals surface area (Å²) in [5.74, 6) is 0. The van der Waals surface area contributed by atoms with Crippen LogP contribution in [-0.2, 0) is 6.16 Å². The maximum absolute atomic E-state index is 2.31. The van der Waals surface area contributed by atoms with Gasteiger partial charge in [0.2, 0.25) is 0 Å². The Morgan fingerprint density at radius 3 is 1.04 bits per heavy atom. The van der Waals surface area contributed by atoms with Gasteiger partial charge in [0.25, 0.3) is 0 Å². The van der Waals surface area contributed by atoms with Crippen molar-refractivity contribution in [3.63, 3.8) is 0 Å². The van der Waals surface area contributed by atoms with Gasteiger partial charge < -0.3 is 11.6 Å². The van der Waals surface area contributed by atoms with Crippen LogP contribution in [0.1, 0.15) is 5.56 Å². The Morgan fingerprint density at radius 1 is 0.429 bits per heavy atom. The molecule has 0 spiro atoms. The van der Waals surface area contributed by atoms with Crippen molar-refractivity contribution in [2.24, 2.45) is 0 Å². The third-order valence-electron chi connectivity index (χ3n) is 5.11. The first-order valence-corrected chi connectivity index (χ1v) is 11.3. The molecule has 3 heteroatoms. The van der Waals surface area contributed by atoms with E-state index in [2.05, 4.69) is 121 Å². The second-order valence-corrected chi connectivity index (χ2v) is 10.6. The van der Waals surface area contributed by atoms with E-state index in [1.807, 2.05) is 0 Å². The molecule has 5 N–H and O–H groups in total. The topological polar surface area (TPSA) is 66.5 Å². The predicted molar refractivity (Wildman–Crippen MR) is 125 cm³/mol. The van der Waals surface area contributed by atoms with Crippen LogP contribution in [0.2, 0.25) is 0 Å². The van der Waals surface area contributed by atoms with Gasteiger partial charge in [0, 0.05) is 0 Å². The van der Waals surface area contributed by atoms with Gasteiger partial charge in [-0.25, -0.2) is 0 Å². The van der Waals surface area contributed by atoms with Crippen molar-refractivity contribution in [3.05, 3.63) is 127 Å². The van der Waals surface area contributed by atoms with Crippen molar-refractivity contribution in [2.45, 2.75) is 6.16 Å². The van der Waals surface area contributed by atoms with Crippen molar-refractivity contribution >= 4 is 23.2 Å². The average molecular weight is 389 g/mol. The Kier molecular flexibility index (Phi) is 7.66. The third-order valence-corrected chi connectivity index (χ3v) is 10.0. The van der Waals surface area contributed by atoms with E-state index in [0.29, 0.717) is 0 Å². The van der Waals surface area contributed by atoms with Crippen molar-refractivity contribution < 1.29 is 5.48 Å². The van der Waals surface area contributed by atoms with Crippen molar-refractivity contribution in [3.8, 4) is 0 Å². The number of hydrogen-bond acceptors (Lipinski definition) is 1. The van der Waals surface area contributed by atoms with Gasteiger partial charge in [-0.05, 0) is 0 Å². The fraction of sp³-hybridized carbons (Fsp3) is 0.0400. The van der Waals surface area contributed by atoms with Crippen LogP contribution in [0, 0.1) is 0 Å². The molecule has 4 rings (SSSR count). The van der Waals surface area contributed by atoms with Crippen LogP contribution in [0.3, 0.4) is 0 Å². The summed E-state index contributed by atoms with van der Waals surface area (Å²) in [5.41, 5.74) is 1.40.